The lowest BCUT2D eigenvalue weighted by Crippen LogP contribution is -2.07. The normalized spacial score (nSPS) is 12.7. The van der Waals surface area contributed by atoms with Gasteiger partial charge in [0.25, 0.3) is 0 Å². The molecule has 4 heteroatoms. The highest BCUT2D eigenvalue weighted by molar-refractivity contribution is 5.38. The van der Waals surface area contributed by atoms with Crippen LogP contribution in [0.15, 0.2) is 18.5 Å². The number of benzene rings is 1. The Bertz CT molecular complexity index is 482. The van der Waals surface area contributed by atoms with Crippen molar-refractivity contribution >= 4 is 0 Å². The molecular weight excluding hydrogens is 214 g/mol. The number of aromatic nitrogens is 3. The first-order valence-electron chi connectivity index (χ1n) is 5.68. The minimum absolute atomic E-state index is 0.518. The molecule has 0 aliphatic rings. The smallest absolute Gasteiger partial charge is 0.153 e. The first kappa shape index (κ1) is 11.8. The third-order valence-electron chi connectivity index (χ3n) is 2.99. The maximum atomic E-state index is 10.0. The molecule has 0 radical (unpaired) electrons. The second-order valence-corrected chi connectivity index (χ2v) is 4.47. The molecule has 1 unspecified atom stereocenters. The van der Waals surface area contributed by atoms with Gasteiger partial charge in [-0.1, -0.05) is 17.7 Å². The molecule has 2 aromatic rings. The van der Waals surface area contributed by atoms with E-state index in [1.54, 1.807) is 0 Å². The lowest BCUT2D eigenvalue weighted by Gasteiger charge is -2.14. The van der Waals surface area contributed by atoms with Crippen molar-refractivity contribution in [1.29, 1.82) is 0 Å². The SMILES string of the molecule is Cc1cc(C)c(CC(O)c2ncn[nH]2)c(C)c1. The number of aromatic amines is 1. The summed E-state index contributed by atoms with van der Waals surface area (Å²) in [6.45, 7) is 6.22. The molecule has 0 amide bonds. The van der Waals surface area contributed by atoms with E-state index in [1.165, 1.54) is 28.6 Å². The predicted octanol–water partition coefficient (Wildman–Crippen LogP) is 2.01. The molecular formula is C13H17N3O. The van der Waals surface area contributed by atoms with E-state index in [0.717, 1.165) is 0 Å². The van der Waals surface area contributed by atoms with Gasteiger partial charge in [0.1, 0.15) is 12.4 Å². The van der Waals surface area contributed by atoms with Gasteiger partial charge in [0.05, 0.1) is 0 Å². The van der Waals surface area contributed by atoms with Crippen LogP contribution in [0.1, 0.15) is 34.2 Å². The molecule has 4 nitrogen and oxygen atoms in total. The highest BCUT2D eigenvalue weighted by atomic mass is 16.3. The van der Waals surface area contributed by atoms with Crippen molar-refractivity contribution in [2.45, 2.75) is 33.3 Å². The third-order valence-corrected chi connectivity index (χ3v) is 2.99. The zero-order valence-corrected chi connectivity index (χ0v) is 10.4. The van der Waals surface area contributed by atoms with Crippen LogP contribution in [0, 0.1) is 20.8 Å². The van der Waals surface area contributed by atoms with Crippen molar-refractivity contribution < 1.29 is 5.11 Å². The van der Waals surface area contributed by atoms with Crippen LogP contribution in [0.4, 0.5) is 0 Å². The molecule has 17 heavy (non-hydrogen) atoms. The maximum absolute atomic E-state index is 10.0. The molecule has 0 saturated heterocycles. The van der Waals surface area contributed by atoms with E-state index in [-0.39, 0.29) is 0 Å². The summed E-state index contributed by atoms with van der Waals surface area (Å²) >= 11 is 0. The second-order valence-electron chi connectivity index (χ2n) is 4.47. The number of nitrogens with one attached hydrogen (secondary N) is 1. The summed E-state index contributed by atoms with van der Waals surface area (Å²) in [6.07, 6.45) is 1.35. The summed E-state index contributed by atoms with van der Waals surface area (Å²) in [6, 6.07) is 4.27. The largest absolute Gasteiger partial charge is 0.385 e. The van der Waals surface area contributed by atoms with Crippen LogP contribution >= 0.6 is 0 Å². The molecule has 1 heterocycles. The molecule has 0 spiro atoms. The van der Waals surface area contributed by atoms with Crippen LogP contribution in [0.2, 0.25) is 0 Å². The first-order chi connectivity index (χ1) is 8.08. The van der Waals surface area contributed by atoms with E-state index >= 15 is 0 Å². The minimum Gasteiger partial charge on any atom is -0.385 e. The van der Waals surface area contributed by atoms with E-state index < -0.39 is 6.10 Å². The van der Waals surface area contributed by atoms with Gasteiger partial charge >= 0.3 is 0 Å². The molecule has 0 saturated carbocycles. The minimum atomic E-state index is -0.627. The molecule has 1 aromatic carbocycles. The molecule has 0 aliphatic carbocycles. The maximum Gasteiger partial charge on any atom is 0.153 e. The summed E-state index contributed by atoms with van der Waals surface area (Å²) < 4.78 is 0. The Hall–Kier alpha value is -1.68. The van der Waals surface area contributed by atoms with Gasteiger partial charge < -0.3 is 5.11 Å². The molecule has 90 valence electrons. The van der Waals surface area contributed by atoms with E-state index in [2.05, 4.69) is 48.1 Å². The summed E-state index contributed by atoms with van der Waals surface area (Å²) in [5.41, 5.74) is 4.85. The second kappa shape index (κ2) is 4.67. The Balaban J connectivity index is 2.25. The van der Waals surface area contributed by atoms with E-state index in [9.17, 15) is 5.11 Å². The number of nitrogens with zero attached hydrogens (tertiary/aromatic N) is 2. The summed E-state index contributed by atoms with van der Waals surface area (Å²) in [5, 5.41) is 16.5. The number of hydrogen-bond donors (Lipinski definition) is 2. The van der Waals surface area contributed by atoms with Gasteiger partial charge in [0.15, 0.2) is 5.82 Å². The Morgan fingerprint density at radius 3 is 2.41 bits per heavy atom. The highest BCUT2D eigenvalue weighted by Crippen LogP contribution is 2.22. The molecule has 2 rings (SSSR count). The van der Waals surface area contributed by atoms with E-state index in [4.69, 9.17) is 0 Å². The van der Waals surface area contributed by atoms with Gasteiger partial charge in [-0.2, -0.15) is 5.10 Å². The van der Waals surface area contributed by atoms with E-state index in [1.807, 2.05) is 0 Å². The van der Waals surface area contributed by atoms with Gasteiger partial charge in [-0.15, -0.1) is 0 Å². The lowest BCUT2D eigenvalue weighted by molar-refractivity contribution is 0.168. The van der Waals surface area contributed by atoms with Crippen molar-refractivity contribution in [2.75, 3.05) is 0 Å². The fourth-order valence-corrected chi connectivity index (χ4v) is 2.20. The lowest BCUT2D eigenvalue weighted by atomic mass is 9.95. The average Bonchev–Trinajstić information content (AvgIpc) is 2.76. The third kappa shape index (κ3) is 2.53. The standard InChI is InChI=1S/C13H17N3O/c1-8-4-9(2)11(10(3)5-8)6-12(17)13-14-7-15-16-13/h4-5,7,12,17H,6H2,1-3H3,(H,14,15,16). The van der Waals surface area contributed by atoms with Crippen molar-refractivity contribution in [2.24, 2.45) is 0 Å². The number of aryl methyl sites for hydroxylation is 3. The summed E-state index contributed by atoms with van der Waals surface area (Å²) in [7, 11) is 0. The molecule has 1 atom stereocenters. The fraction of sp³-hybridized carbons (Fsp3) is 0.385. The van der Waals surface area contributed by atoms with Gasteiger partial charge in [0.2, 0.25) is 0 Å². The number of hydrogen-bond acceptors (Lipinski definition) is 3. The van der Waals surface area contributed by atoms with Gasteiger partial charge in [-0.25, -0.2) is 4.98 Å². The van der Waals surface area contributed by atoms with Gasteiger partial charge in [0, 0.05) is 6.42 Å². The number of aliphatic hydroxyl groups excluding tert-OH is 1. The number of H-pyrrole nitrogens is 1. The Morgan fingerprint density at radius 2 is 1.88 bits per heavy atom. The van der Waals surface area contributed by atoms with Crippen molar-refractivity contribution in [3.8, 4) is 0 Å². The Morgan fingerprint density at radius 1 is 1.24 bits per heavy atom. The molecule has 0 fully saturated rings. The van der Waals surface area contributed by atoms with Crippen LogP contribution in [-0.2, 0) is 6.42 Å². The van der Waals surface area contributed by atoms with Crippen LogP contribution in [0.3, 0.4) is 0 Å². The Labute approximate surface area is 101 Å². The van der Waals surface area contributed by atoms with Gasteiger partial charge in [-0.05, 0) is 37.5 Å². The van der Waals surface area contributed by atoms with Crippen LogP contribution in [0.5, 0.6) is 0 Å². The topological polar surface area (TPSA) is 61.8 Å². The van der Waals surface area contributed by atoms with Crippen molar-refractivity contribution in [3.05, 3.63) is 46.5 Å². The van der Waals surface area contributed by atoms with E-state index in [0.29, 0.717) is 12.2 Å². The molecule has 2 N–H and O–H groups in total. The van der Waals surface area contributed by atoms with Crippen LogP contribution in [-0.4, -0.2) is 20.3 Å². The predicted molar refractivity (Wildman–Crippen MR) is 65.7 cm³/mol. The first-order valence-corrected chi connectivity index (χ1v) is 5.68. The number of rotatable bonds is 3. The van der Waals surface area contributed by atoms with Crippen LogP contribution in [0.25, 0.3) is 0 Å². The van der Waals surface area contributed by atoms with Crippen molar-refractivity contribution in [1.82, 2.24) is 15.2 Å². The molecule has 1 aromatic heterocycles. The zero-order chi connectivity index (χ0) is 12.4. The quantitative estimate of drug-likeness (QED) is 0.849. The zero-order valence-electron chi connectivity index (χ0n) is 10.4. The van der Waals surface area contributed by atoms with Gasteiger partial charge in [-0.3, -0.25) is 5.10 Å². The molecule has 0 aliphatic heterocycles. The summed E-state index contributed by atoms with van der Waals surface area (Å²) in [5.74, 6) is 0.518. The number of aliphatic hydroxyl groups is 1. The van der Waals surface area contributed by atoms with Crippen LogP contribution < -0.4 is 0 Å². The average molecular weight is 231 g/mol. The van der Waals surface area contributed by atoms with Crippen molar-refractivity contribution in [3.63, 3.8) is 0 Å². The Kier molecular flexibility index (Phi) is 3.24. The molecule has 0 bridgehead atoms. The fourth-order valence-electron chi connectivity index (χ4n) is 2.20. The highest BCUT2D eigenvalue weighted by Gasteiger charge is 2.14. The monoisotopic (exact) mass is 231 g/mol. The summed E-state index contributed by atoms with van der Waals surface area (Å²) in [4.78, 5) is 3.97.